The van der Waals surface area contributed by atoms with Gasteiger partial charge in [-0.3, -0.25) is 9.69 Å². The number of methoxy groups -OCH3 is 2. The third-order valence-electron chi connectivity index (χ3n) is 4.86. The number of carbonyl (C=O) groups is 2. The molecule has 0 saturated heterocycles. The number of anilines is 2. The van der Waals surface area contributed by atoms with Crippen molar-refractivity contribution in [1.82, 2.24) is 0 Å². The van der Waals surface area contributed by atoms with E-state index >= 15 is 0 Å². The molecule has 0 fully saturated rings. The van der Waals surface area contributed by atoms with Gasteiger partial charge < -0.3 is 14.2 Å². The van der Waals surface area contributed by atoms with Gasteiger partial charge in [-0.25, -0.2) is 4.79 Å². The zero-order valence-corrected chi connectivity index (χ0v) is 18.4. The van der Waals surface area contributed by atoms with Crippen molar-refractivity contribution in [3.05, 3.63) is 78.4 Å². The van der Waals surface area contributed by atoms with Gasteiger partial charge in [-0.15, -0.1) is 0 Å². The predicted octanol–water partition coefficient (Wildman–Crippen LogP) is 5.09. The minimum absolute atomic E-state index is 0.328. The Hall–Kier alpha value is -3.71. The molecular weight excluding hydrogens is 426 g/mol. The maximum atomic E-state index is 13.1. The summed E-state index contributed by atoms with van der Waals surface area (Å²) in [5.74, 6) is 0.265. The van der Waals surface area contributed by atoms with Crippen LogP contribution in [0.2, 0.25) is 0 Å². The number of para-hydroxylation sites is 2. The maximum absolute atomic E-state index is 13.1. The Labute approximate surface area is 190 Å². The third kappa shape index (κ3) is 4.48. The van der Waals surface area contributed by atoms with E-state index < -0.39 is 5.97 Å². The number of ether oxygens (including phenoxy) is 3. The van der Waals surface area contributed by atoms with Gasteiger partial charge in [0.15, 0.2) is 6.61 Å². The van der Waals surface area contributed by atoms with Crippen molar-refractivity contribution in [1.29, 1.82) is 0 Å². The zero-order chi connectivity index (χ0) is 22.5. The molecule has 7 heteroatoms. The highest BCUT2D eigenvalue weighted by Gasteiger charge is 2.28. The average Bonchev–Trinajstić information content (AvgIpc) is 2.84. The Morgan fingerprint density at radius 1 is 0.906 bits per heavy atom. The fourth-order valence-electron chi connectivity index (χ4n) is 3.35. The fraction of sp³-hybridized carbons (Fsp3) is 0.120. The highest BCUT2D eigenvalue weighted by atomic mass is 32.2. The van der Waals surface area contributed by atoms with Gasteiger partial charge in [0.2, 0.25) is 0 Å². The number of esters is 1. The van der Waals surface area contributed by atoms with Gasteiger partial charge in [0.05, 0.1) is 25.6 Å². The minimum Gasteiger partial charge on any atom is -0.497 e. The summed E-state index contributed by atoms with van der Waals surface area (Å²) in [5, 5.41) is 0. The van der Waals surface area contributed by atoms with Crippen molar-refractivity contribution < 1.29 is 23.8 Å². The first-order valence-corrected chi connectivity index (χ1v) is 10.7. The lowest BCUT2D eigenvalue weighted by molar-refractivity contribution is -0.142. The van der Waals surface area contributed by atoms with E-state index in [-0.39, 0.29) is 12.5 Å². The number of hydrogen-bond donors (Lipinski definition) is 0. The Bertz CT molecular complexity index is 1140. The van der Waals surface area contributed by atoms with E-state index in [9.17, 15) is 9.59 Å². The average molecular weight is 448 g/mol. The standard InChI is InChI=1S/C25H21NO5S/c1-29-18-12-13-21(30-2)17(15-18)11-14-25(28)31-16-24(27)26-19-7-3-5-9-22(19)32-23-10-6-4-8-20(23)26/h3-15H,16H2,1-2H3/b14-11+. The van der Waals surface area contributed by atoms with Crippen LogP contribution in [-0.2, 0) is 14.3 Å². The molecule has 6 nitrogen and oxygen atoms in total. The van der Waals surface area contributed by atoms with Crippen molar-refractivity contribution >= 4 is 41.1 Å². The molecule has 1 heterocycles. The van der Waals surface area contributed by atoms with Gasteiger partial charge in [-0.05, 0) is 48.5 Å². The quantitative estimate of drug-likeness (QED) is 0.387. The SMILES string of the molecule is COc1ccc(OC)c(/C=C/C(=O)OCC(=O)N2c3ccccc3Sc3ccccc32)c1. The molecule has 162 valence electrons. The molecule has 1 amide bonds. The molecule has 0 unspecified atom stereocenters. The van der Waals surface area contributed by atoms with Gasteiger partial charge in [-0.2, -0.15) is 0 Å². The first-order chi connectivity index (χ1) is 15.6. The van der Waals surface area contributed by atoms with Crippen LogP contribution in [0.3, 0.4) is 0 Å². The van der Waals surface area contributed by atoms with Crippen LogP contribution in [-0.4, -0.2) is 32.7 Å². The van der Waals surface area contributed by atoms with E-state index in [1.165, 1.54) is 6.08 Å². The zero-order valence-electron chi connectivity index (χ0n) is 17.6. The molecule has 1 aliphatic rings. The molecular formula is C25H21NO5S. The van der Waals surface area contributed by atoms with Gasteiger partial charge in [0.1, 0.15) is 11.5 Å². The molecule has 0 spiro atoms. The predicted molar refractivity (Wildman–Crippen MR) is 124 cm³/mol. The second kappa shape index (κ2) is 9.62. The van der Waals surface area contributed by atoms with Crippen LogP contribution in [0.5, 0.6) is 11.5 Å². The number of carbonyl (C=O) groups excluding carboxylic acids is 2. The lowest BCUT2D eigenvalue weighted by atomic mass is 10.1. The van der Waals surface area contributed by atoms with Gasteiger partial charge in [0, 0.05) is 21.4 Å². The van der Waals surface area contributed by atoms with E-state index in [0.717, 1.165) is 21.2 Å². The Balaban J connectivity index is 1.48. The first kappa shape index (κ1) is 21.5. The molecule has 3 aromatic rings. The molecule has 0 bridgehead atoms. The van der Waals surface area contributed by atoms with Gasteiger partial charge in [-0.1, -0.05) is 36.0 Å². The molecule has 0 saturated carbocycles. The lowest BCUT2D eigenvalue weighted by Gasteiger charge is -2.30. The highest BCUT2D eigenvalue weighted by molar-refractivity contribution is 7.99. The molecule has 0 atom stereocenters. The number of amides is 1. The minimum atomic E-state index is -0.629. The largest absolute Gasteiger partial charge is 0.497 e. The Morgan fingerprint density at radius 2 is 1.56 bits per heavy atom. The summed E-state index contributed by atoms with van der Waals surface area (Å²) in [6, 6.07) is 20.6. The summed E-state index contributed by atoms with van der Waals surface area (Å²) in [6.07, 6.45) is 2.83. The van der Waals surface area contributed by atoms with Crippen molar-refractivity contribution in [2.24, 2.45) is 0 Å². The second-order valence-electron chi connectivity index (χ2n) is 6.82. The Morgan fingerprint density at radius 3 is 2.19 bits per heavy atom. The number of benzene rings is 3. The summed E-state index contributed by atoms with van der Waals surface area (Å²) in [6.45, 7) is -0.383. The van der Waals surface area contributed by atoms with Crippen LogP contribution in [0.15, 0.2) is 82.6 Å². The molecule has 1 aliphatic heterocycles. The summed E-state index contributed by atoms with van der Waals surface area (Å²) >= 11 is 1.61. The van der Waals surface area contributed by atoms with Crippen LogP contribution < -0.4 is 14.4 Å². The van der Waals surface area contributed by atoms with Crippen molar-refractivity contribution in [2.45, 2.75) is 9.79 Å². The van der Waals surface area contributed by atoms with E-state index in [4.69, 9.17) is 14.2 Å². The number of nitrogens with zero attached hydrogens (tertiary/aromatic N) is 1. The van der Waals surface area contributed by atoms with E-state index in [1.54, 1.807) is 55.2 Å². The smallest absolute Gasteiger partial charge is 0.331 e. The van der Waals surface area contributed by atoms with Crippen LogP contribution >= 0.6 is 11.8 Å². The molecule has 4 rings (SSSR count). The molecule has 0 aromatic heterocycles. The molecule has 32 heavy (non-hydrogen) atoms. The second-order valence-corrected chi connectivity index (χ2v) is 7.90. The van der Waals surface area contributed by atoms with Crippen LogP contribution in [0, 0.1) is 0 Å². The normalized spacial score (nSPS) is 12.1. The fourth-order valence-corrected chi connectivity index (χ4v) is 4.40. The van der Waals surface area contributed by atoms with Gasteiger partial charge >= 0.3 is 5.97 Å². The summed E-state index contributed by atoms with van der Waals surface area (Å²) < 4.78 is 15.7. The van der Waals surface area contributed by atoms with E-state index in [1.807, 2.05) is 48.5 Å². The third-order valence-corrected chi connectivity index (χ3v) is 5.99. The topological polar surface area (TPSA) is 65.1 Å². The molecule has 3 aromatic carbocycles. The Kier molecular flexibility index (Phi) is 6.47. The van der Waals surface area contributed by atoms with Gasteiger partial charge in [0.25, 0.3) is 5.91 Å². The van der Waals surface area contributed by atoms with E-state index in [0.29, 0.717) is 17.1 Å². The van der Waals surface area contributed by atoms with Crippen LogP contribution in [0.4, 0.5) is 11.4 Å². The number of fused-ring (bicyclic) bond motifs is 2. The molecule has 0 aliphatic carbocycles. The maximum Gasteiger partial charge on any atom is 0.331 e. The van der Waals surface area contributed by atoms with Crippen molar-refractivity contribution in [2.75, 3.05) is 25.7 Å². The summed E-state index contributed by atoms with van der Waals surface area (Å²) in [5.41, 5.74) is 2.20. The number of rotatable bonds is 6. The first-order valence-electron chi connectivity index (χ1n) is 9.86. The lowest BCUT2D eigenvalue weighted by Crippen LogP contribution is -2.32. The number of hydrogen-bond acceptors (Lipinski definition) is 6. The summed E-state index contributed by atoms with van der Waals surface area (Å²) in [7, 11) is 3.10. The van der Waals surface area contributed by atoms with Crippen LogP contribution in [0.1, 0.15) is 5.56 Å². The molecule has 0 N–H and O–H groups in total. The van der Waals surface area contributed by atoms with Crippen molar-refractivity contribution in [3.8, 4) is 11.5 Å². The van der Waals surface area contributed by atoms with E-state index in [2.05, 4.69) is 0 Å². The monoisotopic (exact) mass is 447 g/mol. The van der Waals surface area contributed by atoms with Crippen LogP contribution in [0.25, 0.3) is 6.08 Å². The highest BCUT2D eigenvalue weighted by Crippen LogP contribution is 2.47. The summed E-state index contributed by atoms with van der Waals surface area (Å²) in [4.78, 5) is 28.9. The van der Waals surface area contributed by atoms with Crippen molar-refractivity contribution in [3.63, 3.8) is 0 Å². The molecule has 0 radical (unpaired) electrons.